The SMILES string of the molecule is NS(=O)(=O)CCCNC1CCCCC1C(F)(F)F. The van der Waals surface area contributed by atoms with Crippen LogP contribution >= 0.6 is 0 Å². The Kier molecular flexibility index (Phi) is 5.42. The molecule has 4 nitrogen and oxygen atoms in total. The Morgan fingerprint density at radius 2 is 1.83 bits per heavy atom. The van der Waals surface area contributed by atoms with Crippen molar-refractivity contribution in [3.8, 4) is 0 Å². The molecule has 0 bridgehead atoms. The molecule has 0 heterocycles. The summed E-state index contributed by atoms with van der Waals surface area (Å²) < 4.78 is 59.6. The summed E-state index contributed by atoms with van der Waals surface area (Å²) in [7, 11) is -3.53. The van der Waals surface area contributed by atoms with Gasteiger partial charge in [-0.05, 0) is 25.8 Å². The summed E-state index contributed by atoms with van der Waals surface area (Å²) >= 11 is 0. The van der Waals surface area contributed by atoms with Crippen LogP contribution in [-0.4, -0.2) is 32.9 Å². The maximum Gasteiger partial charge on any atom is 0.393 e. The lowest BCUT2D eigenvalue weighted by Gasteiger charge is -2.33. The third-order valence-corrected chi connectivity index (χ3v) is 4.06. The molecule has 0 amide bonds. The molecule has 2 atom stereocenters. The van der Waals surface area contributed by atoms with Crippen LogP contribution in [0.1, 0.15) is 32.1 Å². The molecule has 0 spiro atoms. The van der Waals surface area contributed by atoms with Gasteiger partial charge in [0.25, 0.3) is 0 Å². The van der Waals surface area contributed by atoms with E-state index >= 15 is 0 Å². The maximum atomic E-state index is 12.7. The first-order valence-corrected chi connectivity index (χ1v) is 7.72. The van der Waals surface area contributed by atoms with Crippen LogP contribution in [0.4, 0.5) is 13.2 Å². The van der Waals surface area contributed by atoms with Gasteiger partial charge >= 0.3 is 6.18 Å². The minimum Gasteiger partial charge on any atom is -0.313 e. The van der Waals surface area contributed by atoms with Gasteiger partial charge in [-0.1, -0.05) is 12.8 Å². The Morgan fingerprint density at radius 3 is 2.39 bits per heavy atom. The number of nitrogens with two attached hydrogens (primary N) is 1. The second-order valence-electron chi connectivity index (χ2n) is 4.71. The first-order chi connectivity index (χ1) is 8.20. The summed E-state index contributed by atoms with van der Waals surface area (Å²) in [6.45, 7) is 0.244. The fraction of sp³-hybridized carbons (Fsp3) is 1.00. The molecular weight excluding hydrogens is 269 g/mol. The van der Waals surface area contributed by atoms with Gasteiger partial charge in [0.15, 0.2) is 0 Å². The highest BCUT2D eigenvalue weighted by molar-refractivity contribution is 7.89. The second kappa shape index (κ2) is 6.21. The number of alkyl halides is 3. The molecule has 1 fully saturated rings. The molecule has 0 aromatic rings. The normalized spacial score (nSPS) is 26.2. The van der Waals surface area contributed by atoms with Gasteiger partial charge in [-0.15, -0.1) is 0 Å². The van der Waals surface area contributed by atoms with E-state index in [2.05, 4.69) is 5.32 Å². The number of hydrogen-bond donors (Lipinski definition) is 2. The summed E-state index contributed by atoms with van der Waals surface area (Å²) in [6, 6.07) is -0.598. The molecule has 0 radical (unpaired) electrons. The Labute approximate surface area is 105 Å². The van der Waals surface area contributed by atoms with Crippen LogP contribution in [0.15, 0.2) is 0 Å². The molecule has 1 aliphatic rings. The molecule has 108 valence electrons. The summed E-state index contributed by atoms with van der Waals surface area (Å²) in [5.74, 6) is -1.52. The van der Waals surface area contributed by atoms with E-state index in [4.69, 9.17) is 5.14 Å². The van der Waals surface area contributed by atoms with Crippen molar-refractivity contribution >= 4 is 10.0 Å². The molecule has 3 N–H and O–H groups in total. The standard InChI is InChI=1S/C10H19F3N2O2S/c11-10(12,13)8-4-1-2-5-9(8)15-6-3-7-18(14,16)17/h8-9,15H,1-7H2,(H2,14,16,17). The second-order valence-corrected chi connectivity index (χ2v) is 6.45. The fourth-order valence-corrected chi connectivity index (χ4v) is 2.87. The van der Waals surface area contributed by atoms with E-state index in [1.165, 1.54) is 0 Å². The van der Waals surface area contributed by atoms with Crippen molar-refractivity contribution in [3.63, 3.8) is 0 Å². The van der Waals surface area contributed by atoms with Gasteiger partial charge in [0.2, 0.25) is 10.0 Å². The average molecular weight is 288 g/mol. The van der Waals surface area contributed by atoms with Crippen LogP contribution in [0.5, 0.6) is 0 Å². The molecule has 0 aromatic heterocycles. The quantitative estimate of drug-likeness (QED) is 0.751. The van der Waals surface area contributed by atoms with E-state index in [0.717, 1.165) is 6.42 Å². The summed E-state index contributed by atoms with van der Waals surface area (Å²) in [6.07, 6.45) is -1.94. The van der Waals surface area contributed by atoms with E-state index in [1.54, 1.807) is 0 Å². The van der Waals surface area contributed by atoms with Crippen molar-refractivity contribution in [1.82, 2.24) is 5.32 Å². The number of rotatable bonds is 5. The summed E-state index contributed by atoms with van der Waals surface area (Å²) in [4.78, 5) is 0. The molecule has 8 heteroatoms. The van der Waals surface area contributed by atoms with Crippen LogP contribution in [0.2, 0.25) is 0 Å². The summed E-state index contributed by atoms with van der Waals surface area (Å²) in [5, 5.41) is 7.63. The minimum atomic E-state index is -4.18. The number of nitrogens with one attached hydrogen (secondary N) is 1. The zero-order valence-electron chi connectivity index (χ0n) is 10.0. The van der Waals surface area contributed by atoms with Gasteiger partial charge in [0, 0.05) is 6.04 Å². The fourth-order valence-electron chi connectivity index (χ4n) is 2.33. The number of halogens is 3. The highest BCUT2D eigenvalue weighted by Crippen LogP contribution is 2.37. The maximum absolute atomic E-state index is 12.7. The van der Waals surface area contributed by atoms with Crippen molar-refractivity contribution in [2.45, 2.75) is 44.3 Å². The van der Waals surface area contributed by atoms with Crippen molar-refractivity contribution < 1.29 is 21.6 Å². The van der Waals surface area contributed by atoms with Gasteiger partial charge in [-0.3, -0.25) is 0 Å². The lowest BCUT2D eigenvalue weighted by atomic mass is 9.84. The Balaban J connectivity index is 2.39. The van der Waals surface area contributed by atoms with Gasteiger partial charge in [-0.2, -0.15) is 13.2 Å². The van der Waals surface area contributed by atoms with Crippen LogP contribution in [0, 0.1) is 5.92 Å². The predicted octanol–water partition coefficient (Wildman–Crippen LogP) is 1.38. The molecule has 1 rings (SSSR count). The third kappa shape index (κ3) is 5.53. The van der Waals surface area contributed by atoms with E-state index in [0.29, 0.717) is 12.8 Å². The lowest BCUT2D eigenvalue weighted by Crippen LogP contribution is -2.46. The molecular formula is C10H19F3N2O2S. The topological polar surface area (TPSA) is 72.2 Å². The van der Waals surface area contributed by atoms with Gasteiger partial charge < -0.3 is 5.32 Å². The summed E-state index contributed by atoms with van der Waals surface area (Å²) in [5.41, 5.74) is 0. The smallest absolute Gasteiger partial charge is 0.313 e. The minimum absolute atomic E-state index is 0.149. The van der Waals surface area contributed by atoms with Crippen molar-refractivity contribution in [2.75, 3.05) is 12.3 Å². The average Bonchev–Trinajstić information content (AvgIpc) is 2.22. The van der Waals surface area contributed by atoms with E-state index in [-0.39, 0.29) is 25.1 Å². The highest BCUT2D eigenvalue weighted by atomic mass is 32.2. The highest BCUT2D eigenvalue weighted by Gasteiger charge is 2.45. The zero-order valence-corrected chi connectivity index (χ0v) is 10.9. The Morgan fingerprint density at radius 1 is 1.22 bits per heavy atom. The monoisotopic (exact) mass is 288 g/mol. The first kappa shape index (κ1) is 15.7. The zero-order chi connectivity index (χ0) is 13.8. The van der Waals surface area contributed by atoms with E-state index < -0.39 is 28.2 Å². The lowest BCUT2D eigenvalue weighted by molar-refractivity contribution is -0.188. The molecule has 0 saturated heterocycles. The van der Waals surface area contributed by atoms with Crippen molar-refractivity contribution in [3.05, 3.63) is 0 Å². The number of hydrogen-bond acceptors (Lipinski definition) is 3. The van der Waals surface area contributed by atoms with Crippen LogP contribution < -0.4 is 10.5 Å². The molecule has 0 aliphatic heterocycles. The van der Waals surface area contributed by atoms with Gasteiger partial charge in [0.1, 0.15) is 0 Å². The molecule has 18 heavy (non-hydrogen) atoms. The van der Waals surface area contributed by atoms with Crippen molar-refractivity contribution in [2.24, 2.45) is 11.1 Å². The van der Waals surface area contributed by atoms with Crippen molar-refractivity contribution in [1.29, 1.82) is 0 Å². The number of sulfonamides is 1. The van der Waals surface area contributed by atoms with Crippen LogP contribution in [-0.2, 0) is 10.0 Å². The molecule has 1 saturated carbocycles. The van der Waals surface area contributed by atoms with Gasteiger partial charge in [-0.25, -0.2) is 13.6 Å². The Hall–Kier alpha value is -0.340. The molecule has 0 aromatic carbocycles. The van der Waals surface area contributed by atoms with Gasteiger partial charge in [0.05, 0.1) is 11.7 Å². The third-order valence-electron chi connectivity index (χ3n) is 3.20. The molecule has 1 aliphatic carbocycles. The van der Waals surface area contributed by atoms with Crippen LogP contribution in [0.25, 0.3) is 0 Å². The molecule has 2 unspecified atom stereocenters. The predicted molar refractivity (Wildman–Crippen MR) is 62.4 cm³/mol. The Bertz CT molecular complexity index is 357. The van der Waals surface area contributed by atoms with Crippen LogP contribution in [0.3, 0.4) is 0 Å². The van der Waals surface area contributed by atoms with E-state index in [1.807, 2.05) is 0 Å². The van der Waals surface area contributed by atoms with E-state index in [9.17, 15) is 21.6 Å². The first-order valence-electron chi connectivity index (χ1n) is 6.01. The number of primary sulfonamides is 1. The largest absolute Gasteiger partial charge is 0.393 e.